The molecule has 3 fully saturated rings. The van der Waals surface area contributed by atoms with E-state index >= 15 is 0 Å². The molecule has 2 saturated heterocycles. The van der Waals surface area contributed by atoms with Gasteiger partial charge < -0.3 is 9.80 Å². The maximum absolute atomic E-state index is 13.1. The minimum atomic E-state index is -0.428. The molecule has 178 valence electrons. The Hall–Kier alpha value is -3.13. The predicted octanol–water partition coefficient (Wildman–Crippen LogP) is 4.50. The lowest BCUT2D eigenvalue weighted by Crippen LogP contribution is -2.46. The van der Waals surface area contributed by atoms with E-state index in [-0.39, 0.29) is 29.3 Å². The number of hydrogen-bond donors (Lipinski definition) is 0. The third kappa shape index (κ3) is 4.00. The summed E-state index contributed by atoms with van der Waals surface area (Å²) in [5, 5.41) is 12.6. The summed E-state index contributed by atoms with van der Waals surface area (Å²) >= 11 is 6.12. The molecule has 34 heavy (non-hydrogen) atoms. The smallest absolute Gasteiger partial charge is 0.294 e. The molecule has 0 radical (unpaired) electrons. The molecule has 2 aromatic rings. The summed E-state index contributed by atoms with van der Waals surface area (Å²) in [7, 11) is 0. The van der Waals surface area contributed by atoms with Crippen LogP contribution >= 0.6 is 11.6 Å². The molecular formula is C25H27ClN4O4. The van der Waals surface area contributed by atoms with Crippen LogP contribution in [0.1, 0.15) is 26.2 Å². The number of rotatable bonds is 4. The number of nitro groups is 1. The molecule has 3 aliphatic rings. The molecule has 0 N–H and O–H groups in total. The molecular weight excluding hydrogens is 456 g/mol. The predicted molar refractivity (Wildman–Crippen MR) is 131 cm³/mol. The Bertz CT molecular complexity index is 1150. The van der Waals surface area contributed by atoms with E-state index in [1.165, 1.54) is 11.0 Å². The number of fused-ring (bicyclic) bond motifs is 1. The van der Waals surface area contributed by atoms with Crippen LogP contribution in [0.25, 0.3) is 0 Å². The van der Waals surface area contributed by atoms with Crippen LogP contribution in [0.2, 0.25) is 5.02 Å². The minimum absolute atomic E-state index is 0.0856. The Morgan fingerprint density at radius 2 is 1.62 bits per heavy atom. The standard InChI is InChI=1S/C25H27ClN4O4/c1-16-5-7-20-21(13-16)25(32)29(24(20)31)19-6-8-22(23(15-19)30(33)34)28-11-9-27(10-12-28)18-4-2-3-17(26)14-18/h2-4,6,8,14-16,20-21H,5,7,9-13H2,1H3/t16-,20+,21+/m1/s1. The van der Waals surface area contributed by atoms with Crippen molar-refractivity contribution in [3.05, 3.63) is 57.6 Å². The maximum Gasteiger partial charge on any atom is 0.294 e. The third-order valence-corrected chi connectivity index (χ3v) is 7.63. The molecule has 8 nitrogen and oxygen atoms in total. The number of nitro benzene ring substituents is 1. The molecule has 1 saturated carbocycles. The Morgan fingerprint density at radius 1 is 0.912 bits per heavy atom. The summed E-state index contributed by atoms with van der Waals surface area (Å²) in [4.78, 5) is 43.0. The summed E-state index contributed by atoms with van der Waals surface area (Å²) in [6.07, 6.45) is 2.32. The van der Waals surface area contributed by atoms with E-state index < -0.39 is 4.92 Å². The van der Waals surface area contributed by atoms with Crippen molar-refractivity contribution in [3.8, 4) is 0 Å². The van der Waals surface area contributed by atoms with Crippen LogP contribution < -0.4 is 14.7 Å². The topological polar surface area (TPSA) is 87.0 Å². The number of piperazine rings is 1. The first-order valence-electron chi connectivity index (χ1n) is 11.7. The average molecular weight is 483 g/mol. The fourth-order valence-electron chi connectivity index (χ4n) is 5.59. The van der Waals surface area contributed by atoms with Gasteiger partial charge in [-0.25, -0.2) is 4.90 Å². The van der Waals surface area contributed by atoms with Gasteiger partial charge >= 0.3 is 0 Å². The normalized spacial score (nSPS) is 25.0. The van der Waals surface area contributed by atoms with Gasteiger partial charge in [-0.3, -0.25) is 19.7 Å². The number of amides is 2. The second-order valence-electron chi connectivity index (χ2n) is 9.53. The van der Waals surface area contributed by atoms with E-state index in [2.05, 4.69) is 11.8 Å². The highest BCUT2D eigenvalue weighted by Crippen LogP contribution is 2.43. The van der Waals surface area contributed by atoms with Gasteiger partial charge in [-0.2, -0.15) is 0 Å². The Kier molecular flexibility index (Phi) is 5.93. The van der Waals surface area contributed by atoms with Crippen LogP contribution in [0.4, 0.5) is 22.7 Å². The third-order valence-electron chi connectivity index (χ3n) is 7.40. The number of hydrogen-bond acceptors (Lipinski definition) is 6. The van der Waals surface area contributed by atoms with Gasteiger partial charge in [0.05, 0.1) is 22.4 Å². The molecule has 3 atom stereocenters. The van der Waals surface area contributed by atoms with Crippen molar-refractivity contribution in [1.29, 1.82) is 0 Å². The first kappa shape index (κ1) is 22.7. The highest BCUT2D eigenvalue weighted by molar-refractivity contribution is 6.30. The van der Waals surface area contributed by atoms with E-state index in [9.17, 15) is 19.7 Å². The monoisotopic (exact) mass is 482 g/mol. The number of carbonyl (C=O) groups excluding carboxylic acids is 2. The van der Waals surface area contributed by atoms with E-state index in [0.29, 0.717) is 61.3 Å². The molecule has 1 aliphatic carbocycles. The minimum Gasteiger partial charge on any atom is -0.368 e. The van der Waals surface area contributed by atoms with Gasteiger partial charge in [-0.05, 0) is 55.5 Å². The van der Waals surface area contributed by atoms with Gasteiger partial charge in [0.2, 0.25) is 11.8 Å². The maximum atomic E-state index is 13.1. The van der Waals surface area contributed by atoms with E-state index in [0.717, 1.165) is 12.1 Å². The second-order valence-corrected chi connectivity index (χ2v) is 9.96. The first-order chi connectivity index (χ1) is 16.3. The van der Waals surface area contributed by atoms with Crippen LogP contribution in [0.15, 0.2) is 42.5 Å². The quantitative estimate of drug-likeness (QED) is 0.362. The fourth-order valence-corrected chi connectivity index (χ4v) is 5.77. The van der Waals surface area contributed by atoms with Crippen LogP contribution in [-0.2, 0) is 9.59 Å². The number of benzene rings is 2. The molecule has 5 rings (SSSR count). The summed E-state index contributed by atoms with van der Waals surface area (Å²) in [6.45, 7) is 4.71. The van der Waals surface area contributed by atoms with Crippen molar-refractivity contribution >= 4 is 46.2 Å². The van der Waals surface area contributed by atoms with Gasteiger partial charge in [-0.15, -0.1) is 0 Å². The van der Waals surface area contributed by atoms with Crippen molar-refractivity contribution in [1.82, 2.24) is 0 Å². The van der Waals surface area contributed by atoms with Crippen molar-refractivity contribution in [2.75, 3.05) is 40.9 Å². The second kappa shape index (κ2) is 8.91. The molecule has 0 aromatic heterocycles. The fraction of sp³-hybridized carbons (Fsp3) is 0.440. The van der Waals surface area contributed by atoms with Gasteiger partial charge in [-0.1, -0.05) is 24.6 Å². The van der Waals surface area contributed by atoms with Crippen LogP contribution in [0, 0.1) is 27.9 Å². The molecule has 0 spiro atoms. The number of imide groups is 1. The lowest BCUT2D eigenvalue weighted by atomic mass is 9.76. The molecule has 0 unspecified atom stereocenters. The highest BCUT2D eigenvalue weighted by atomic mass is 35.5. The zero-order chi connectivity index (χ0) is 24.0. The lowest BCUT2D eigenvalue weighted by Gasteiger charge is -2.37. The molecule has 2 aromatic carbocycles. The Balaban J connectivity index is 1.37. The molecule has 2 aliphatic heterocycles. The number of carbonyl (C=O) groups is 2. The number of halogens is 1. The molecule has 0 bridgehead atoms. The summed E-state index contributed by atoms with van der Waals surface area (Å²) in [5.41, 5.74) is 1.74. The van der Waals surface area contributed by atoms with Crippen molar-refractivity contribution < 1.29 is 14.5 Å². The van der Waals surface area contributed by atoms with Crippen LogP contribution in [0.5, 0.6) is 0 Å². The molecule has 2 amide bonds. The van der Waals surface area contributed by atoms with Crippen molar-refractivity contribution in [2.45, 2.75) is 26.2 Å². The van der Waals surface area contributed by atoms with E-state index in [1.54, 1.807) is 12.1 Å². The van der Waals surface area contributed by atoms with E-state index in [1.807, 2.05) is 29.2 Å². The molecule has 9 heteroatoms. The van der Waals surface area contributed by atoms with Crippen LogP contribution in [0.3, 0.4) is 0 Å². The summed E-state index contributed by atoms with van der Waals surface area (Å²) < 4.78 is 0. The van der Waals surface area contributed by atoms with Gasteiger partial charge in [0.1, 0.15) is 5.69 Å². The number of anilines is 3. The van der Waals surface area contributed by atoms with Gasteiger partial charge in [0.25, 0.3) is 5.69 Å². The zero-order valence-electron chi connectivity index (χ0n) is 19.0. The van der Waals surface area contributed by atoms with E-state index in [4.69, 9.17) is 11.6 Å². The summed E-state index contributed by atoms with van der Waals surface area (Å²) in [6, 6.07) is 12.4. The lowest BCUT2D eigenvalue weighted by molar-refractivity contribution is -0.384. The van der Waals surface area contributed by atoms with Crippen molar-refractivity contribution in [2.24, 2.45) is 17.8 Å². The van der Waals surface area contributed by atoms with Gasteiger partial charge in [0, 0.05) is 43.0 Å². The molecule has 2 heterocycles. The van der Waals surface area contributed by atoms with Crippen molar-refractivity contribution in [3.63, 3.8) is 0 Å². The zero-order valence-corrected chi connectivity index (χ0v) is 19.8. The summed E-state index contributed by atoms with van der Waals surface area (Å²) in [5.74, 6) is -0.658. The SMILES string of the molecule is C[C@@H]1CC[C@@H]2C(=O)N(c3ccc(N4CCN(c5cccc(Cl)c5)CC4)c([N+](=O)[O-])c3)C(=O)[C@H]2C1. The Labute approximate surface area is 203 Å². The highest BCUT2D eigenvalue weighted by Gasteiger charge is 2.50. The van der Waals surface area contributed by atoms with Crippen LogP contribution in [-0.4, -0.2) is 42.9 Å². The van der Waals surface area contributed by atoms with Gasteiger partial charge in [0.15, 0.2) is 0 Å². The largest absolute Gasteiger partial charge is 0.368 e. The average Bonchev–Trinajstić information content (AvgIpc) is 3.08. The number of nitrogens with zero attached hydrogens (tertiary/aromatic N) is 4. The Morgan fingerprint density at radius 3 is 2.32 bits per heavy atom. The first-order valence-corrected chi connectivity index (χ1v) is 12.1.